The van der Waals surface area contributed by atoms with Crippen LogP contribution in [0.4, 0.5) is 4.39 Å². The number of aryl methyl sites for hydroxylation is 1. The van der Waals surface area contributed by atoms with Crippen LogP contribution in [0.2, 0.25) is 0 Å². The van der Waals surface area contributed by atoms with E-state index in [9.17, 15) is 4.39 Å². The Morgan fingerprint density at radius 1 is 1.04 bits per heavy atom. The molecule has 1 aromatic carbocycles. The summed E-state index contributed by atoms with van der Waals surface area (Å²) >= 11 is 0. The normalized spacial score (nSPS) is 14.5. The Morgan fingerprint density at radius 2 is 1.91 bits per heavy atom. The average Bonchev–Trinajstić information content (AvgIpc) is 3.25. The summed E-state index contributed by atoms with van der Waals surface area (Å²) in [4.78, 5) is 4.68. The number of hydrogen-bond donors (Lipinski definition) is 2. The van der Waals surface area contributed by atoms with Gasteiger partial charge in [0.25, 0.3) is 0 Å². The van der Waals surface area contributed by atoms with Gasteiger partial charge in [0.2, 0.25) is 0 Å². The molecule has 0 bridgehead atoms. The zero-order valence-corrected chi connectivity index (χ0v) is 12.4. The van der Waals surface area contributed by atoms with Crippen LogP contribution in [0.25, 0.3) is 33.1 Å². The maximum Gasteiger partial charge on any atom is 0.151 e. The Bertz CT molecular complexity index is 1030. The molecule has 0 saturated carbocycles. The highest BCUT2D eigenvalue weighted by Crippen LogP contribution is 2.38. The summed E-state index contributed by atoms with van der Waals surface area (Å²) in [5, 5.41) is 15.7. The Labute approximate surface area is 130 Å². The minimum absolute atomic E-state index is 0.310. The summed E-state index contributed by atoms with van der Waals surface area (Å²) < 4.78 is 14.7. The summed E-state index contributed by atoms with van der Waals surface area (Å²) in [5.74, 6) is -0.310. The predicted octanol–water partition coefficient (Wildman–Crippen LogP) is 3.52. The Hall–Kier alpha value is -2.76. The Morgan fingerprint density at radius 3 is 2.74 bits per heavy atom. The van der Waals surface area contributed by atoms with Crippen molar-refractivity contribution in [3.8, 4) is 11.3 Å². The van der Waals surface area contributed by atoms with Crippen LogP contribution in [0.1, 0.15) is 24.0 Å². The van der Waals surface area contributed by atoms with E-state index in [-0.39, 0.29) is 5.82 Å². The summed E-state index contributed by atoms with van der Waals surface area (Å²) in [6.45, 7) is 0. The molecule has 1 aliphatic rings. The van der Waals surface area contributed by atoms with E-state index in [0.717, 1.165) is 53.2 Å². The van der Waals surface area contributed by atoms with E-state index in [2.05, 4.69) is 25.4 Å². The predicted molar refractivity (Wildman–Crippen MR) is 85.6 cm³/mol. The average molecular weight is 307 g/mol. The number of H-pyrrole nitrogens is 2. The third kappa shape index (κ3) is 1.75. The molecule has 1 aliphatic carbocycles. The van der Waals surface area contributed by atoms with Gasteiger partial charge < -0.3 is 0 Å². The molecule has 3 heterocycles. The van der Waals surface area contributed by atoms with Gasteiger partial charge in [0.05, 0.1) is 23.6 Å². The van der Waals surface area contributed by atoms with Gasteiger partial charge in [-0.2, -0.15) is 10.2 Å². The molecule has 0 fully saturated rings. The minimum atomic E-state index is -0.310. The van der Waals surface area contributed by atoms with E-state index >= 15 is 0 Å². The van der Waals surface area contributed by atoms with E-state index < -0.39 is 0 Å². The fraction of sp³-hybridized carbons (Fsp3) is 0.235. The van der Waals surface area contributed by atoms with Crippen molar-refractivity contribution in [2.75, 3.05) is 0 Å². The van der Waals surface area contributed by atoms with E-state index in [1.807, 2.05) is 6.20 Å². The van der Waals surface area contributed by atoms with Crippen molar-refractivity contribution in [3.63, 3.8) is 0 Å². The molecule has 5 rings (SSSR count). The van der Waals surface area contributed by atoms with E-state index in [4.69, 9.17) is 0 Å². The maximum atomic E-state index is 14.7. The number of rotatable bonds is 1. The van der Waals surface area contributed by atoms with Crippen LogP contribution in [0.3, 0.4) is 0 Å². The molecule has 0 aliphatic heterocycles. The zero-order valence-electron chi connectivity index (χ0n) is 12.4. The van der Waals surface area contributed by atoms with Gasteiger partial charge in [-0.05, 0) is 36.8 Å². The van der Waals surface area contributed by atoms with Gasteiger partial charge in [-0.1, -0.05) is 0 Å². The van der Waals surface area contributed by atoms with E-state index in [1.165, 1.54) is 17.2 Å². The monoisotopic (exact) mass is 307 g/mol. The summed E-state index contributed by atoms with van der Waals surface area (Å²) in [6.07, 6.45) is 9.50. The van der Waals surface area contributed by atoms with Crippen molar-refractivity contribution in [1.82, 2.24) is 25.4 Å². The van der Waals surface area contributed by atoms with Crippen molar-refractivity contribution in [3.05, 3.63) is 41.6 Å². The number of aromatic nitrogens is 5. The summed E-state index contributed by atoms with van der Waals surface area (Å²) in [7, 11) is 0. The molecule has 0 spiro atoms. The number of aromatic amines is 2. The van der Waals surface area contributed by atoms with Crippen molar-refractivity contribution in [2.45, 2.75) is 25.7 Å². The zero-order chi connectivity index (χ0) is 15.4. The Balaban J connectivity index is 1.98. The number of pyridine rings is 1. The van der Waals surface area contributed by atoms with Gasteiger partial charge in [-0.15, -0.1) is 0 Å². The van der Waals surface area contributed by atoms with Crippen molar-refractivity contribution >= 4 is 21.8 Å². The number of benzene rings is 1. The highest BCUT2D eigenvalue weighted by molar-refractivity contribution is 6.08. The molecule has 23 heavy (non-hydrogen) atoms. The number of nitrogens with zero attached hydrogens (tertiary/aromatic N) is 3. The first-order valence-corrected chi connectivity index (χ1v) is 7.79. The van der Waals surface area contributed by atoms with Crippen molar-refractivity contribution in [1.29, 1.82) is 0 Å². The molecule has 5 nitrogen and oxygen atoms in total. The smallest absolute Gasteiger partial charge is 0.151 e. The number of fused-ring (bicyclic) bond motifs is 5. The topological polar surface area (TPSA) is 70.2 Å². The lowest BCUT2D eigenvalue weighted by atomic mass is 9.86. The first-order chi connectivity index (χ1) is 11.3. The number of halogens is 1. The summed E-state index contributed by atoms with van der Waals surface area (Å²) in [5.41, 5.74) is 5.34. The van der Waals surface area contributed by atoms with Crippen LogP contribution < -0.4 is 0 Å². The lowest BCUT2D eigenvalue weighted by molar-refractivity contribution is 0.636. The minimum Gasteiger partial charge on any atom is -0.285 e. The summed E-state index contributed by atoms with van der Waals surface area (Å²) in [6, 6.07) is 1.48. The molecule has 2 N–H and O–H groups in total. The lowest BCUT2D eigenvalue weighted by Crippen LogP contribution is -2.08. The molecule has 0 radical (unpaired) electrons. The molecular formula is C17H14FN5. The highest BCUT2D eigenvalue weighted by Gasteiger charge is 2.23. The van der Waals surface area contributed by atoms with Gasteiger partial charge in [0.15, 0.2) is 5.82 Å². The van der Waals surface area contributed by atoms with Gasteiger partial charge in [0, 0.05) is 28.6 Å². The van der Waals surface area contributed by atoms with Crippen LogP contribution in [0.5, 0.6) is 0 Å². The third-order valence-electron chi connectivity index (χ3n) is 4.72. The quantitative estimate of drug-likeness (QED) is 0.565. The SMILES string of the molecule is Fc1cc2[nH]ncc2c2c3c(c(-c4cn[nH]c4)nc12)CCCC3. The van der Waals surface area contributed by atoms with Gasteiger partial charge >= 0.3 is 0 Å². The largest absolute Gasteiger partial charge is 0.285 e. The second-order valence-electron chi connectivity index (χ2n) is 6.02. The second kappa shape index (κ2) is 4.62. The fourth-order valence-corrected chi connectivity index (χ4v) is 3.70. The lowest BCUT2D eigenvalue weighted by Gasteiger charge is -2.21. The maximum absolute atomic E-state index is 14.7. The standard InChI is InChI=1S/C17H14FN5/c18-13-5-14-12(8-21-23-14)15-10-3-1-2-4-11(10)16(22-17(13)15)9-6-19-20-7-9/h5-8H,1-4H2,(H,19,20)(H,21,23). The van der Waals surface area contributed by atoms with E-state index in [0.29, 0.717) is 5.52 Å². The van der Waals surface area contributed by atoms with Crippen LogP contribution in [-0.2, 0) is 12.8 Å². The Kier molecular flexibility index (Phi) is 2.56. The molecule has 6 heteroatoms. The first kappa shape index (κ1) is 12.8. The molecule has 0 atom stereocenters. The van der Waals surface area contributed by atoms with Crippen LogP contribution in [0.15, 0.2) is 24.7 Å². The van der Waals surface area contributed by atoms with Crippen LogP contribution >= 0.6 is 0 Å². The number of hydrogen-bond acceptors (Lipinski definition) is 3. The highest BCUT2D eigenvalue weighted by atomic mass is 19.1. The fourth-order valence-electron chi connectivity index (χ4n) is 3.70. The second-order valence-corrected chi connectivity index (χ2v) is 6.02. The van der Waals surface area contributed by atoms with E-state index in [1.54, 1.807) is 12.4 Å². The molecule has 114 valence electrons. The van der Waals surface area contributed by atoms with Gasteiger partial charge in [0.1, 0.15) is 5.52 Å². The molecule has 0 amide bonds. The molecular weight excluding hydrogens is 293 g/mol. The van der Waals surface area contributed by atoms with Crippen molar-refractivity contribution in [2.24, 2.45) is 0 Å². The molecule has 3 aromatic heterocycles. The molecule has 0 saturated heterocycles. The first-order valence-electron chi connectivity index (χ1n) is 7.79. The molecule has 4 aromatic rings. The van der Waals surface area contributed by atoms with Gasteiger partial charge in [-0.3, -0.25) is 10.2 Å². The van der Waals surface area contributed by atoms with Gasteiger partial charge in [-0.25, -0.2) is 9.37 Å². The third-order valence-corrected chi connectivity index (χ3v) is 4.72. The molecule has 0 unspecified atom stereocenters. The number of nitrogens with one attached hydrogen (secondary N) is 2. The van der Waals surface area contributed by atoms with Crippen molar-refractivity contribution < 1.29 is 4.39 Å². The van der Waals surface area contributed by atoms with Crippen LogP contribution in [0, 0.1) is 5.82 Å². The van der Waals surface area contributed by atoms with Crippen LogP contribution in [-0.4, -0.2) is 25.4 Å².